The molecule has 2 aromatic rings. The van der Waals surface area contributed by atoms with Gasteiger partial charge in [-0.25, -0.2) is 4.98 Å². The zero-order chi connectivity index (χ0) is 15.4. The van der Waals surface area contributed by atoms with Gasteiger partial charge in [-0.15, -0.1) is 11.3 Å². The van der Waals surface area contributed by atoms with Gasteiger partial charge in [0.1, 0.15) is 5.82 Å². The Hall–Kier alpha value is -1.55. The van der Waals surface area contributed by atoms with Crippen molar-refractivity contribution in [3.8, 4) is 0 Å². The maximum absolute atomic E-state index is 4.84. The highest BCUT2D eigenvalue weighted by Gasteiger charge is 2.22. The van der Waals surface area contributed by atoms with E-state index in [1.807, 2.05) is 0 Å². The van der Waals surface area contributed by atoms with Crippen molar-refractivity contribution in [2.45, 2.75) is 32.6 Å². The molecule has 3 nitrogen and oxygen atoms in total. The monoisotopic (exact) mass is 315 g/mol. The third-order valence-electron chi connectivity index (χ3n) is 4.60. The lowest BCUT2D eigenvalue weighted by Crippen LogP contribution is -2.33. The van der Waals surface area contributed by atoms with Crippen molar-refractivity contribution in [3.05, 3.63) is 41.3 Å². The van der Waals surface area contributed by atoms with Crippen LogP contribution in [-0.4, -0.2) is 31.2 Å². The first-order chi connectivity index (χ1) is 10.8. The molecule has 1 aromatic heterocycles. The van der Waals surface area contributed by atoms with Crippen molar-refractivity contribution in [2.24, 2.45) is 0 Å². The second-order valence-electron chi connectivity index (χ2n) is 5.83. The van der Waals surface area contributed by atoms with Crippen LogP contribution in [0.4, 0.5) is 10.9 Å². The van der Waals surface area contributed by atoms with Gasteiger partial charge in [0.05, 0.1) is 0 Å². The fraction of sp³-hybridized carbons (Fsp3) is 0.500. The van der Waals surface area contributed by atoms with Gasteiger partial charge in [-0.05, 0) is 38.2 Å². The van der Waals surface area contributed by atoms with Crippen LogP contribution < -0.4 is 9.80 Å². The lowest BCUT2D eigenvalue weighted by atomic mass is 9.89. The zero-order valence-corrected chi connectivity index (χ0v) is 14.4. The van der Waals surface area contributed by atoms with Crippen LogP contribution in [0.5, 0.6) is 0 Å². The number of hydrogen-bond donors (Lipinski definition) is 0. The predicted octanol–water partition coefficient (Wildman–Crippen LogP) is 4.37. The van der Waals surface area contributed by atoms with Crippen molar-refractivity contribution in [3.63, 3.8) is 0 Å². The number of anilines is 2. The number of hydrogen-bond acceptors (Lipinski definition) is 4. The van der Waals surface area contributed by atoms with E-state index in [-0.39, 0.29) is 0 Å². The average Bonchev–Trinajstić information content (AvgIpc) is 3.07. The smallest absolute Gasteiger partial charge is 0.187 e. The number of rotatable bonds is 5. The van der Waals surface area contributed by atoms with Crippen LogP contribution in [0.1, 0.15) is 38.2 Å². The van der Waals surface area contributed by atoms with E-state index >= 15 is 0 Å². The van der Waals surface area contributed by atoms with Crippen molar-refractivity contribution < 1.29 is 0 Å². The molecular weight excluding hydrogens is 290 g/mol. The Morgan fingerprint density at radius 2 is 1.82 bits per heavy atom. The summed E-state index contributed by atoms with van der Waals surface area (Å²) >= 11 is 1.77. The Labute approximate surface area is 137 Å². The van der Waals surface area contributed by atoms with Gasteiger partial charge < -0.3 is 9.80 Å². The molecular formula is C18H25N3S. The summed E-state index contributed by atoms with van der Waals surface area (Å²) in [5, 5.41) is 3.38. The predicted molar refractivity (Wildman–Crippen MR) is 96.3 cm³/mol. The van der Waals surface area contributed by atoms with Gasteiger partial charge in [0, 0.05) is 31.6 Å². The third kappa shape index (κ3) is 3.27. The van der Waals surface area contributed by atoms with E-state index in [1.165, 1.54) is 24.2 Å². The van der Waals surface area contributed by atoms with Crippen LogP contribution in [0.15, 0.2) is 35.7 Å². The molecule has 2 heterocycles. The molecule has 0 spiro atoms. The minimum Gasteiger partial charge on any atom is -0.356 e. The highest BCUT2D eigenvalue weighted by Crippen LogP contribution is 2.32. The van der Waals surface area contributed by atoms with Crippen LogP contribution in [0.25, 0.3) is 0 Å². The minimum atomic E-state index is 0.707. The number of piperidine rings is 1. The molecule has 1 aliphatic rings. The molecule has 0 aliphatic carbocycles. The van der Waals surface area contributed by atoms with Gasteiger partial charge in [-0.2, -0.15) is 0 Å². The Kier molecular flexibility index (Phi) is 4.98. The normalized spacial score (nSPS) is 16.0. The van der Waals surface area contributed by atoms with Crippen LogP contribution in [0, 0.1) is 0 Å². The summed E-state index contributed by atoms with van der Waals surface area (Å²) in [6.45, 7) is 8.66. The highest BCUT2D eigenvalue weighted by molar-refractivity contribution is 7.14. The maximum atomic E-state index is 4.84. The molecule has 1 fully saturated rings. The van der Waals surface area contributed by atoms with Crippen LogP contribution in [0.3, 0.4) is 0 Å². The second kappa shape index (κ2) is 7.14. The van der Waals surface area contributed by atoms with E-state index in [9.17, 15) is 0 Å². The molecule has 0 amide bonds. The lowest BCUT2D eigenvalue weighted by molar-refractivity contribution is 0.503. The molecule has 4 heteroatoms. The molecule has 0 bridgehead atoms. The summed E-state index contributed by atoms with van der Waals surface area (Å²) in [4.78, 5) is 9.62. The fourth-order valence-electron chi connectivity index (χ4n) is 3.21. The third-order valence-corrected chi connectivity index (χ3v) is 5.49. The summed E-state index contributed by atoms with van der Waals surface area (Å²) in [7, 11) is 0. The van der Waals surface area contributed by atoms with Gasteiger partial charge in [0.2, 0.25) is 0 Å². The lowest BCUT2D eigenvalue weighted by Gasteiger charge is -2.32. The van der Waals surface area contributed by atoms with Gasteiger partial charge >= 0.3 is 0 Å². The highest BCUT2D eigenvalue weighted by atomic mass is 32.1. The first kappa shape index (κ1) is 15.3. The molecule has 0 atom stereocenters. The van der Waals surface area contributed by atoms with Crippen molar-refractivity contribution >= 4 is 22.3 Å². The van der Waals surface area contributed by atoms with Crippen LogP contribution in [-0.2, 0) is 0 Å². The first-order valence-corrected chi connectivity index (χ1v) is 9.20. The van der Waals surface area contributed by atoms with Gasteiger partial charge in [0.25, 0.3) is 0 Å². The van der Waals surface area contributed by atoms with E-state index in [0.29, 0.717) is 5.92 Å². The van der Waals surface area contributed by atoms with Crippen molar-refractivity contribution in [1.82, 2.24) is 4.98 Å². The number of benzene rings is 1. The minimum absolute atomic E-state index is 0.707. The second-order valence-corrected chi connectivity index (χ2v) is 6.67. The number of thiazole rings is 1. The summed E-state index contributed by atoms with van der Waals surface area (Å²) in [6.07, 6.45) is 2.45. The molecule has 1 aromatic carbocycles. The van der Waals surface area contributed by atoms with Gasteiger partial charge in [-0.1, -0.05) is 30.3 Å². The van der Waals surface area contributed by atoms with E-state index in [2.05, 4.69) is 59.4 Å². The standard InChI is InChI=1S/C18H25N3S/c1-3-20(4-2)18-19-17(14-22-18)21-12-10-16(11-13-21)15-8-6-5-7-9-15/h5-9,14,16H,3-4,10-13H2,1-2H3. The topological polar surface area (TPSA) is 19.4 Å². The molecule has 22 heavy (non-hydrogen) atoms. The first-order valence-electron chi connectivity index (χ1n) is 8.32. The number of aromatic nitrogens is 1. The maximum Gasteiger partial charge on any atom is 0.187 e. The van der Waals surface area contributed by atoms with Crippen LogP contribution >= 0.6 is 11.3 Å². The van der Waals surface area contributed by atoms with Crippen LogP contribution in [0.2, 0.25) is 0 Å². The fourth-order valence-corrected chi connectivity index (χ4v) is 4.17. The Balaban J connectivity index is 1.62. The summed E-state index contributed by atoms with van der Waals surface area (Å²) in [5.74, 6) is 1.87. The van der Waals surface area contributed by atoms with Crippen molar-refractivity contribution in [1.29, 1.82) is 0 Å². The molecule has 1 saturated heterocycles. The quantitative estimate of drug-likeness (QED) is 0.816. The zero-order valence-electron chi connectivity index (χ0n) is 13.5. The molecule has 0 saturated carbocycles. The van der Waals surface area contributed by atoms with E-state index < -0.39 is 0 Å². The molecule has 0 unspecified atom stereocenters. The molecule has 118 valence electrons. The molecule has 0 N–H and O–H groups in total. The Bertz CT molecular complexity index is 569. The molecule has 0 radical (unpaired) electrons. The largest absolute Gasteiger partial charge is 0.356 e. The summed E-state index contributed by atoms with van der Waals surface area (Å²) in [5.41, 5.74) is 1.49. The van der Waals surface area contributed by atoms with E-state index in [0.717, 1.165) is 31.3 Å². The number of nitrogens with zero attached hydrogens (tertiary/aromatic N) is 3. The summed E-state index contributed by atoms with van der Waals surface area (Å²) < 4.78 is 0. The Morgan fingerprint density at radius 3 is 2.45 bits per heavy atom. The molecule has 3 rings (SSSR count). The SMILES string of the molecule is CCN(CC)c1nc(N2CCC(c3ccccc3)CC2)cs1. The summed E-state index contributed by atoms with van der Waals surface area (Å²) in [6, 6.07) is 10.9. The Morgan fingerprint density at radius 1 is 1.14 bits per heavy atom. The van der Waals surface area contributed by atoms with Gasteiger partial charge in [-0.3, -0.25) is 0 Å². The van der Waals surface area contributed by atoms with Crippen molar-refractivity contribution in [2.75, 3.05) is 36.0 Å². The van der Waals surface area contributed by atoms with E-state index in [4.69, 9.17) is 4.98 Å². The van der Waals surface area contributed by atoms with E-state index in [1.54, 1.807) is 11.3 Å². The van der Waals surface area contributed by atoms with Gasteiger partial charge in [0.15, 0.2) is 5.13 Å². The average molecular weight is 315 g/mol. The molecule has 1 aliphatic heterocycles.